The van der Waals surface area contributed by atoms with E-state index in [0.29, 0.717) is 5.92 Å². The van der Waals surface area contributed by atoms with Crippen LogP contribution in [0.5, 0.6) is 0 Å². The number of nitrogens with zero attached hydrogens (tertiary/aromatic N) is 2. The van der Waals surface area contributed by atoms with Crippen LogP contribution < -0.4 is 15.5 Å². The van der Waals surface area contributed by atoms with Crippen molar-refractivity contribution in [2.24, 2.45) is 4.99 Å². The monoisotopic (exact) mass is 500 g/mol. The Hall–Kier alpha value is -1.32. The minimum absolute atomic E-state index is 0. The van der Waals surface area contributed by atoms with Gasteiger partial charge >= 0.3 is 0 Å². The van der Waals surface area contributed by atoms with Gasteiger partial charge in [-0.05, 0) is 29.1 Å². The van der Waals surface area contributed by atoms with E-state index in [4.69, 9.17) is 4.74 Å². The van der Waals surface area contributed by atoms with Gasteiger partial charge in [-0.1, -0.05) is 25.1 Å². The maximum atomic E-state index is 5.41. The highest BCUT2D eigenvalue weighted by Crippen LogP contribution is 2.19. The Morgan fingerprint density at radius 1 is 1.19 bits per heavy atom. The molecule has 1 unspecified atom stereocenters. The minimum Gasteiger partial charge on any atom is -0.378 e. The number of ether oxygens (including phenoxy) is 1. The standard InChI is InChI=1S/C20H28N4OS.HI/c1-16(19-4-3-13-26-19)14-22-20(21-2)23-15-17-5-7-18(8-6-17)24-9-11-25-12-10-24;/h3-8,13,16H,9-12,14-15H2,1-2H3,(H2,21,22,23);1H. The first-order chi connectivity index (χ1) is 12.8. The first kappa shape index (κ1) is 22.0. The molecule has 1 aromatic heterocycles. The molecule has 3 rings (SSSR count). The number of hydrogen-bond acceptors (Lipinski definition) is 4. The second-order valence-electron chi connectivity index (χ2n) is 6.49. The zero-order valence-electron chi connectivity index (χ0n) is 16.0. The SMILES string of the molecule is CN=C(NCc1ccc(N2CCOCC2)cc1)NCC(C)c1cccs1.I. The summed E-state index contributed by atoms with van der Waals surface area (Å²) in [6.45, 7) is 7.43. The second-order valence-corrected chi connectivity index (χ2v) is 7.47. The molecule has 0 radical (unpaired) electrons. The largest absolute Gasteiger partial charge is 0.378 e. The Kier molecular flexibility index (Phi) is 9.36. The van der Waals surface area contributed by atoms with E-state index in [2.05, 4.69) is 69.2 Å². The number of halogens is 1. The van der Waals surface area contributed by atoms with Crippen LogP contribution in [0.25, 0.3) is 0 Å². The Bertz CT molecular complexity index is 685. The van der Waals surface area contributed by atoms with E-state index in [1.54, 1.807) is 11.3 Å². The molecule has 2 heterocycles. The molecule has 148 valence electrons. The molecule has 0 amide bonds. The van der Waals surface area contributed by atoms with E-state index < -0.39 is 0 Å². The fraction of sp³-hybridized carbons (Fsp3) is 0.450. The number of benzene rings is 1. The molecule has 1 aliphatic heterocycles. The summed E-state index contributed by atoms with van der Waals surface area (Å²) in [6.07, 6.45) is 0. The van der Waals surface area contributed by atoms with Crippen LogP contribution in [0, 0.1) is 0 Å². The highest BCUT2D eigenvalue weighted by Gasteiger charge is 2.11. The van der Waals surface area contributed by atoms with Crippen molar-refractivity contribution in [2.45, 2.75) is 19.4 Å². The molecule has 0 bridgehead atoms. The molecule has 27 heavy (non-hydrogen) atoms. The molecule has 1 aliphatic rings. The third kappa shape index (κ3) is 6.65. The quantitative estimate of drug-likeness (QED) is 0.361. The van der Waals surface area contributed by atoms with E-state index in [1.807, 2.05) is 7.05 Å². The maximum Gasteiger partial charge on any atom is 0.191 e. The Morgan fingerprint density at radius 3 is 2.56 bits per heavy atom. The summed E-state index contributed by atoms with van der Waals surface area (Å²) < 4.78 is 5.41. The predicted octanol–water partition coefficient (Wildman–Crippen LogP) is 3.67. The Labute approximate surface area is 183 Å². The summed E-state index contributed by atoms with van der Waals surface area (Å²) in [5.74, 6) is 1.31. The number of nitrogens with one attached hydrogen (secondary N) is 2. The van der Waals surface area contributed by atoms with Crippen LogP contribution in [-0.4, -0.2) is 45.9 Å². The van der Waals surface area contributed by atoms with Crippen LogP contribution in [-0.2, 0) is 11.3 Å². The summed E-state index contributed by atoms with van der Waals surface area (Å²) >= 11 is 1.80. The predicted molar refractivity (Wildman–Crippen MR) is 126 cm³/mol. The van der Waals surface area contributed by atoms with Crippen molar-refractivity contribution in [3.05, 3.63) is 52.2 Å². The molecule has 2 aromatic rings. The maximum absolute atomic E-state index is 5.41. The number of thiophene rings is 1. The van der Waals surface area contributed by atoms with E-state index in [9.17, 15) is 0 Å². The summed E-state index contributed by atoms with van der Waals surface area (Å²) in [6, 6.07) is 13.0. The molecular weight excluding hydrogens is 471 g/mol. The van der Waals surface area contributed by atoms with Crippen LogP contribution >= 0.6 is 35.3 Å². The van der Waals surface area contributed by atoms with Crippen molar-refractivity contribution >= 4 is 47.0 Å². The second kappa shape index (κ2) is 11.5. The Morgan fingerprint density at radius 2 is 1.93 bits per heavy atom. The van der Waals surface area contributed by atoms with E-state index >= 15 is 0 Å². The molecule has 5 nitrogen and oxygen atoms in total. The van der Waals surface area contributed by atoms with E-state index in [1.165, 1.54) is 16.1 Å². The lowest BCUT2D eigenvalue weighted by molar-refractivity contribution is 0.122. The van der Waals surface area contributed by atoms with Gasteiger partial charge in [-0.25, -0.2) is 0 Å². The van der Waals surface area contributed by atoms with Crippen molar-refractivity contribution in [1.29, 1.82) is 0 Å². The Balaban J connectivity index is 0.00000261. The van der Waals surface area contributed by atoms with Gasteiger partial charge in [0, 0.05) is 49.7 Å². The van der Waals surface area contributed by atoms with Crippen LogP contribution in [0.4, 0.5) is 5.69 Å². The first-order valence-electron chi connectivity index (χ1n) is 9.16. The van der Waals surface area contributed by atoms with E-state index in [0.717, 1.165) is 45.4 Å². The number of morpholine rings is 1. The zero-order valence-corrected chi connectivity index (χ0v) is 19.1. The average molecular weight is 500 g/mol. The molecule has 0 saturated carbocycles. The fourth-order valence-electron chi connectivity index (χ4n) is 2.97. The third-order valence-corrected chi connectivity index (χ3v) is 5.70. The topological polar surface area (TPSA) is 48.9 Å². The lowest BCUT2D eigenvalue weighted by Crippen LogP contribution is -2.38. The summed E-state index contributed by atoms with van der Waals surface area (Å²) in [7, 11) is 1.81. The minimum atomic E-state index is 0. The van der Waals surface area contributed by atoms with E-state index in [-0.39, 0.29) is 24.0 Å². The van der Waals surface area contributed by atoms with Crippen LogP contribution in [0.3, 0.4) is 0 Å². The van der Waals surface area contributed by atoms with Gasteiger partial charge in [0.2, 0.25) is 0 Å². The molecule has 1 atom stereocenters. The third-order valence-electron chi connectivity index (χ3n) is 4.60. The molecule has 1 fully saturated rings. The first-order valence-corrected chi connectivity index (χ1v) is 10.0. The smallest absolute Gasteiger partial charge is 0.191 e. The van der Waals surface area contributed by atoms with Gasteiger partial charge in [-0.3, -0.25) is 4.99 Å². The summed E-state index contributed by atoms with van der Waals surface area (Å²) in [5.41, 5.74) is 2.51. The summed E-state index contributed by atoms with van der Waals surface area (Å²) in [4.78, 5) is 8.09. The zero-order chi connectivity index (χ0) is 18.2. The highest BCUT2D eigenvalue weighted by molar-refractivity contribution is 14.0. The van der Waals surface area contributed by atoms with Gasteiger partial charge in [0.15, 0.2) is 5.96 Å². The molecule has 0 spiro atoms. The number of hydrogen-bond donors (Lipinski definition) is 2. The van der Waals surface area contributed by atoms with Gasteiger partial charge in [0.05, 0.1) is 13.2 Å². The van der Waals surface area contributed by atoms with Crippen molar-refractivity contribution in [1.82, 2.24) is 10.6 Å². The lowest BCUT2D eigenvalue weighted by Gasteiger charge is -2.29. The van der Waals surface area contributed by atoms with Crippen molar-refractivity contribution in [3.63, 3.8) is 0 Å². The van der Waals surface area contributed by atoms with Crippen LogP contribution in [0.15, 0.2) is 46.8 Å². The number of aliphatic imine (C=N–C) groups is 1. The number of rotatable bonds is 6. The van der Waals surface area contributed by atoms with Gasteiger partial charge < -0.3 is 20.3 Å². The normalized spacial score (nSPS) is 15.8. The molecule has 7 heteroatoms. The van der Waals surface area contributed by atoms with Crippen LogP contribution in [0.2, 0.25) is 0 Å². The van der Waals surface area contributed by atoms with Gasteiger partial charge in [-0.2, -0.15) is 0 Å². The van der Waals surface area contributed by atoms with Crippen molar-refractivity contribution in [3.8, 4) is 0 Å². The molecule has 0 aliphatic carbocycles. The van der Waals surface area contributed by atoms with Crippen LogP contribution in [0.1, 0.15) is 23.3 Å². The van der Waals surface area contributed by atoms with Gasteiger partial charge in [0.1, 0.15) is 0 Å². The molecular formula is C20H29IN4OS. The molecule has 1 saturated heterocycles. The number of anilines is 1. The molecule has 2 N–H and O–H groups in total. The van der Waals surface area contributed by atoms with Gasteiger partial charge in [0.25, 0.3) is 0 Å². The van der Waals surface area contributed by atoms with Crippen molar-refractivity contribution < 1.29 is 4.74 Å². The van der Waals surface area contributed by atoms with Gasteiger partial charge in [-0.15, -0.1) is 35.3 Å². The number of guanidine groups is 1. The molecule has 1 aromatic carbocycles. The fourth-order valence-corrected chi connectivity index (χ4v) is 3.76. The lowest BCUT2D eigenvalue weighted by atomic mass is 10.1. The highest BCUT2D eigenvalue weighted by atomic mass is 127. The average Bonchev–Trinajstić information content (AvgIpc) is 3.24. The van der Waals surface area contributed by atoms with Crippen molar-refractivity contribution in [2.75, 3.05) is 44.8 Å². The summed E-state index contributed by atoms with van der Waals surface area (Å²) in [5, 5.41) is 8.93.